The minimum atomic E-state index is -4.64. The fourth-order valence-corrected chi connectivity index (χ4v) is 6.50. The molecule has 3 aliphatic rings. The molecule has 7 heteroatoms. The Hall–Kier alpha value is -1.47. The lowest BCUT2D eigenvalue weighted by molar-refractivity contribution is -0.215. The maximum atomic E-state index is 14.3. The van der Waals surface area contributed by atoms with Gasteiger partial charge in [-0.2, -0.15) is 13.2 Å². The van der Waals surface area contributed by atoms with Crippen LogP contribution in [0.15, 0.2) is 18.2 Å². The Morgan fingerprint density at radius 2 is 1.29 bits per heavy atom. The van der Waals surface area contributed by atoms with Gasteiger partial charge in [-0.05, 0) is 80.4 Å². The minimum absolute atomic E-state index is 0.144. The van der Waals surface area contributed by atoms with Crippen molar-refractivity contribution in [3.63, 3.8) is 0 Å². The summed E-state index contributed by atoms with van der Waals surface area (Å²) in [6.07, 6.45) is 7.76. The Morgan fingerprint density at radius 3 is 1.77 bits per heavy atom. The van der Waals surface area contributed by atoms with Gasteiger partial charge in [-0.15, -0.1) is 0 Å². The van der Waals surface area contributed by atoms with Crippen LogP contribution in [0.2, 0.25) is 0 Å². The van der Waals surface area contributed by atoms with Gasteiger partial charge in [-0.3, -0.25) is 0 Å². The Bertz CT molecular complexity index is 820. The van der Waals surface area contributed by atoms with Crippen LogP contribution in [0.3, 0.4) is 0 Å². The molecule has 2 aliphatic carbocycles. The van der Waals surface area contributed by atoms with Crippen LogP contribution in [0.1, 0.15) is 88.5 Å². The van der Waals surface area contributed by atoms with E-state index in [1.54, 1.807) is 0 Å². The number of hydrogen-bond acceptors (Lipinski definition) is 2. The molecule has 1 aromatic carbocycles. The average Bonchev–Trinajstić information content (AvgIpc) is 2.84. The second-order valence-electron chi connectivity index (χ2n) is 10.8. The minimum Gasteiger partial charge on any atom is -0.348 e. The maximum absolute atomic E-state index is 14.3. The van der Waals surface area contributed by atoms with E-state index in [1.807, 2.05) is 0 Å². The fraction of sp³-hybridized carbons (Fsp3) is 0.714. The lowest BCUT2D eigenvalue weighted by Gasteiger charge is -2.41. The highest BCUT2D eigenvalue weighted by Gasteiger charge is 2.36. The number of alkyl halides is 3. The van der Waals surface area contributed by atoms with Gasteiger partial charge >= 0.3 is 6.18 Å². The molecule has 0 bridgehead atoms. The van der Waals surface area contributed by atoms with E-state index in [9.17, 15) is 22.0 Å². The van der Waals surface area contributed by atoms with Gasteiger partial charge in [0.05, 0.1) is 13.2 Å². The van der Waals surface area contributed by atoms with Crippen molar-refractivity contribution < 1.29 is 31.4 Å². The normalized spacial score (nSPS) is 32.7. The number of rotatable bonds is 6. The van der Waals surface area contributed by atoms with Crippen molar-refractivity contribution in [2.24, 2.45) is 29.6 Å². The topological polar surface area (TPSA) is 18.5 Å². The zero-order valence-electron chi connectivity index (χ0n) is 20.5. The first kappa shape index (κ1) is 26.6. The Kier molecular flexibility index (Phi) is 8.90. The zero-order valence-corrected chi connectivity index (χ0v) is 20.5. The molecule has 2 saturated carbocycles. The van der Waals surface area contributed by atoms with Crippen LogP contribution in [0.25, 0.3) is 6.08 Å². The number of hydrogen-bond donors (Lipinski definition) is 0. The van der Waals surface area contributed by atoms with Crippen molar-refractivity contribution in [1.82, 2.24) is 0 Å². The summed E-state index contributed by atoms with van der Waals surface area (Å²) in [5, 5.41) is 0. The van der Waals surface area contributed by atoms with Gasteiger partial charge in [-0.1, -0.05) is 32.6 Å². The molecule has 1 saturated heterocycles. The summed E-state index contributed by atoms with van der Waals surface area (Å²) >= 11 is 0. The molecule has 4 rings (SSSR count). The molecular formula is C28H37F5O2. The second kappa shape index (κ2) is 11.7. The van der Waals surface area contributed by atoms with Crippen LogP contribution in [-0.4, -0.2) is 19.4 Å². The Morgan fingerprint density at radius 1 is 0.800 bits per heavy atom. The summed E-state index contributed by atoms with van der Waals surface area (Å²) in [7, 11) is 0. The van der Waals surface area contributed by atoms with Gasteiger partial charge in [0.2, 0.25) is 0 Å². The molecule has 0 N–H and O–H groups in total. The molecule has 2 nitrogen and oxygen atoms in total. The van der Waals surface area contributed by atoms with Gasteiger partial charge in [0.1, 0.15) is 11.6 Å². The third-order valence-electron chi connectivity index (χ3n) is 8.47. The van der Waals surface area contributed by atoms with Crippen molar-refractivity contribution in [2.75, 3.05) is 13.2 Å². The van der Waals surface area contributed by atoms with Crippen molar-refractivity contribution >= 4 is 6.08 Å². The summed E-state index contributed by atoms with van der Waals surface area (Å²) in [6, 6.07) is 1.98. The van der Waals surface area contributed by atoms with E-state index in [0.29, 0.717) is 25.2 Å². The average molecular weight is 501 g/mol. The molecule has 0 spiro atoms. The van der Waals surface area contributed by atoms with Gasteiger partial charge in [0, 0.05) is 23.1 Å². The molecule has 0 atom stereocenters. The molecule has 0 amide bonds. The van der Waals surface area contributed by atoms with Gasteiger partial charge < -0.3 is 9.47 Å². The van der Waals surface area contributed by atoms with E-state index < -0.39 is 29.7 Å². The summed E-state index contributed by atoms with van der Waals surface area (Å²) in [5.41, 5.74) is -0.583. The van der Waals surface area contributed by atoms with E-state index in [2.05, 4.69) is 6.92 Å². The highest BCUT2D eigenvalue weighted by Crippen LogP contribution is 2.44. The van der Waals surface area contributed by atoms with Crippen LogP contribution < -0.4 is 0 Å². The van der Waals surface area contributed by atoms with Gasteiger partial charge in [0.25, 0.3) is 0 Å². The van der Waals surface area contributed by atoms with E-state index >= 15 is 0 Å². The summed E-state index contributed by atoms with van der Waals surface area (Å²) in [5.74, 6) is 1.30. The van der Waals surface area contributed by atoms with Crippen molar-refractivity contribution in [2.45, 2.75) is 83.6 Å². The first-order chi connectivity index (χ1) is 16.7. The van der Waals surface area contributed by atoms with Crippen LogP contribution in [0.4, 0.5) is 22.0 Å². The predicted molar refractivity (Wildman–Crippen MR) is 125 cm³/mol. The van der Waals surface area contributed by atoms with Crippen molar-refractivity contribution in [1.29, 1.82) is 0 Å². The molecule has 0 radical (unpaired) electrons. The molecule has 3 fully saturated rings. The lowest BCUT2D eigenvalue weighted by Crippen LogP contribution is -2.35. The standard InChI is InChI=1S/C28H37F5O2/c1-2-3-18-4-6-19(7-5-18)20-8-10-21(11-9-20)23-16-34-27(35-17-23)22-14-25(29)24(26(30)15-22)12-13-28(31,32)33/h12-15,18-21,23,27H,2-11,16-17H2,1H3/b13-12+. The highest BCUT2D eigenvalue weighted by molar-refractivity contribution is 5.52. The zero-order chi connectivity index (χ0) is 25.0. The van der Waals surface area contributed by atoms with Crippen LogP contribution in [0, 0.1) is 41.2 Å². The van der Waals surface area contributed by atoms with Gasteiger partial charge in [-0.25, -0.2) is 8.78 Å². The van der Waals surface area contributed by atoms with Crippen LogP contribution >= 0.6 is 0 Å². The van der Waals surface area contributed by atoms with E-state index in [4.69, 9.17) is 9.47 Å². The molecule has 1 aromatic rings. The molecule has 1 heterocycles. The fourth-order valence-electron chi connectivity index (χ4n) is 6.50. The maximum Gasteiger partial charge on any atom is 0.409 e. The SMILES string of the molecule is CCCC1CCC(C2CCC(C3COC(c4cc(F)c(/C=C/C(F)(F)F)c(F)c4)OC3)CC2)CC1. The van der Waals surface area contributed by atoms with Crippen molar-refractivity contribution in [3.8, 4) is 0 Å². The Labute approximate surface area is 205 Å². The van der Waals surface area contributed by atoms with Crippen molar-refractivity contribution in [3.05, 3.63) is 41.0 Å². The molecular weight excluding hydrogens is 463 g/mol. The third-order valence-corrected chi connectivity index (χ3v) is 8.47. The number of halogens is 5. The molecule has 0 aromatic heterocycles. The van der Waals surface area contributed by atoms with Crippen LogP contribution in [0.5, 0.6) is 0 Å². The molecule has 35 heavy (non-hydrogen) atoms. The monoisotopic (exact) mass is 500 g/mol. The number of benzene rings is 1. The Balaban J connectivity index is 1.25. The summed E-state index contributed by atoms with van der Waals surface area (Å²) in [6.45, 7) is 3.20. The van der Waals surface area contributed by atoms with Crippen LogP contribution in [-0.2, 0) is 9.47 Å². The predicted octanol–water partition coefficient (Wildman–Crippen LogP) is 8.61. The summed E-state index contributed by atoms with van der Waals surface area (Å²) in [4.78, 5) is 0. The van der Waals surface area contributed by atoms with E-state index in [1.165, 1.54) is 64.2 Å². The van der Waals surface area contributed by atoms with E-state index in [0.717, 1.165) is 29.9 Å². The molecule has 196 valence electrons. The first-order valence-electron chi connectivity index (χ1n) is 13.2. The summed E-state index contributed by atoms with van der Waals surface area (Å²) < 4.78 is 77.3. The molecule has 1 aliphatic heterocycles. The quantitative estimate of drug-likeness (QED) is 0.364. The smallest absolute Gasteiger partial charge is 0.348 e. The van der Waals surface area contributed by atoms with Gasteiger partial charge in [0.15, 0.2) is 6.29 Å². The highest BCUT2D eigenvalue weighted by atomic mass is 19.4. The van der Waals surface area contributed by atoms with E-state index in [-0.39, 0.29) is 17.6 Å². The third kappa shape index (κ3) is 7.06. The first-order valence-corrected chi connectivity index (χ1v) is 13.2. The number of allylic oxidation sites excluding steroid dienone is 1. The lowest BCUT2D eigenvalue weighted by atomic mass is 9.67. The largest absolute Gasteiger partial charge is 0.409 e. The second-order valence-corrected chi connectivity index (χ2v) is 10.8. The molecule has 0 unspecified atom stereocenters. The number of ether oxygens (including phenoxy) is 2.